The van der Waals surface area contributed by atoms with E-state index in [-0.39, 0.29) is 10.8 Å². The highest BCUT2D eigenvalue weighted by atomic mass is 32.2. The van der Waals surface area contributed by atoms with Gasteiger partial charge < -0.3 is 5.32 Å². The van der Waals surface area contributed by atoms with Gasteiger partial charge in [-0.05, 0) is 54.8 Å². The van der Waals surface area contributed by atoms with Gasteiger partial charge in [0.2, 0.25) is 10.0 Å². The molecule has 0 unspecified atom stereocenters. The summed E-state index contributed by atoms with van der Waals surface area (Å²) in [4.78, 5) is 13.5. The molecule has 0 atom stereocenters. The van der Waals surface area contributed by atoms with E-state index < -0.39 is 10.0 Å². The molecule has 3 aromatic carbocycles. The van der Waals surface area contributed by atoms with Crippen molar-refractivity contribution in [2.45, 2.75) is 32.6 Å². The molecule has 3 rings (SSSR count). The quantitative estimate of drug-likeness (QED) is 0.528. The Bertz CT molecular complexity index is 1340. The number of sulfonamides is 1. The summed E-state index contributed by atoms with van der Waals surface area (Å²) in [5, 5.41) is 12.4. The van der Waals surface area contributed by atoms with E-state index in [1.807, 2.05) is 26.0 Å². The molecular weight excluding hydrogens is 434 g/mol. The third-order valence-corrected chi connectivity index (χ3v) is 7.77. The average molecular weight is 462 g/mol. The summed E-state index contributed by atoms with van der Waals surface area (Å²) < 4.78 is 27.5. The van der Waals surface area contributed by atoms with Crippen LogP contribution in [0.3, 0.4) is 0 Å². The van der Waals surface area contributed by atoms with Gasteiger partial charge in [-0.15, -0.1) is 0 Å². The number of benzene rings is 3. The highest BCUT2D eigenvalue weighted by Crippen LogP contribution is 2.30. The van der Waals surface area contributed by atoms with Crippen molar-refractivity contribution in [3.8, 4) is 17.2 Å². The molecule has 7 heteroatoms. The third kappa shape index (κ3) is 4.82. The number of hydrogen-bond acceptors (Lipinski definition) is 4. The van der Waals surface area contributed by atoms with E-state index >= 15 is 0 Å². The van der Waals surface area contributed by atoms with Crippen LogP contribution in [0.1, 0.15) is 40.9 Å². The van der Waals surface area contributed by atoms with Crippen LogP contribution in [0.4, 0.5) is 5.69 Å². The van der Waals surface area contributed by atoms with Crippen LogP contribution in [0, 0.1) is 25.2 Å². The summed E-state index contributed by atoms with van der Waals surface area (Å²) in [6, 6.07) is 19.5. The van der Waals surface area contributed by atoms with Crippen molar-refractivity contribution in [1.29, 1.82) is 5.26 Å². The Morgan fingerprint density at radius 1 is 0.970 bits per heavy atom. The van der Waals surface area contributed by atoms with Crippen LogP contribution < -0.4 is 5.32 Å². The normalized spacial score (nSPS) is 11.3. The number of amides is 1. The second-order valence-electron chi connectivity index (χ2n) is 7.66. The smallest absolute Gasteiger partial charge is 0.256 e. The lowest BCUT2D eigenvalue weighted by Gasteiger charge is -2.20. The maximum atomic E-state index is 13.3. The first kappa shape index (κ1) is 24.2. The molecule has 0 bridgehead atoms. The van der Waals surface area contributed by atoms with E-state index in [4.69, 9.17) is 0 Å². The first-order valence-corrected chi connectivity index (χ1v) is 12.2. The zero-order chi connectivity index (χ0) is 24.2. The molecule has 6 nitrogen and oxygen atoms in total. The van der Waals surface area contributed by atoms with Gasteiger partial charge in [0.05, 0.1) is 16.5 Å². The summed E-state index contributed by atoms with van der Waals surface area (Å²) in [5.41, 5.74) is 4.16. The van der Waals surface area contributed by atoms with Gasteiger partial charge in [0.15, 0.2) is 0 Å². The Kier molecular flexibility index (Phi) is 7.32. The number of hydrogen-bond donors (Lipinski definition) is 1. The van der Waals surface area contributed by atoms with Gasteiger partial charge in [-0.2, -0.15) is 9.57 Å². The minimum atomic E-state index is -3.68. The molecule has 170 valence electrons. The first-order chi connectivity index (χ1) is 15.7. The number of nitrogens with one attached hydrogen (secondary N) is 1. The Balaban J connectivity index is 2.05. The molecule has 0 aliphatic carbocycles. The molecule has 0 aliphatic heterocycles. The van der Waals surface area contributed by atoms with Crippen molar-refractivity contribution >= 4 is 21.6 Å². The van der Waals surface area contributed by atoms with E-state index in [0.717, 1.165) is 11.1 Å². The number of nitriles is 1. The maximum absolute atomic E-state index is 13.3. The number of carbonyl (C=O) groups is 1. The summed E-state index contributed by atoms with van der Waals surface area (Å²) in [7, 11) is -3.68. The first-order valence-electron chi connectivity index (χ1n) is 10.8. The Labute approximate surface area is 195 Å². The highest BCUT2D eigenvalue weighted by molar-refractivity contribution is 7.89. The van der Waals surface area contributed by atoms with Crippen molar-refractivity contribution in [2.75, 3.05) is 18.4 Å². The molecule has 0 aliphatic rings. The van der Waals surface area contributed by atoms with Crippen LogP contribution in [-0.4, -0.2) is 31.7 Å². The summed E-state index contributed by atoms with van der Waals surface area (Å²) in [6.07, 6.45) is 0. The van der Waals surface area contributed by atoms with E-state index in [1.54, 1.807) is 56.3 Å². The van der Waals surface area contributed by atoms with Crippen LogP contribution in [-0.2, 0) is 10.0 Å². The average Bonchev–Trinajstić information content (AvgIpc) is 2.82. The van der Waals surface area contributed by atoms with Gasteiger partial charge in [0.1, 0.15) is 0 Å². The van der Waals surface area contributed by atoms with E-state index in [2.05, 4.69) is 11.4 Å². The van der Waals surface area contributed by atoms with E-state index in [1.165, 1.54) is 10.4 Å². The van der Waals surface area contributed by atoms with Gasteiger partial charge in [0.25, 0.3) is 5.91 Å². The molecule has 0 fully saturated rings. The Morgan fingerprint density at radius 2 is 1.58 bits per heavy atom. The molecule has 1 amide bonds. The molecule has 0 radical (unpaired) electrons. The number of rotatable bonds is 7. The maximum Gasteiger partial charge on any atom is 0.256 e. The minimum Gasteiger partial charge on any atom is -0.322 e. The van der Waals surface area contributed by atoms with Crippen LogP contribution in [0.25, 0.3) is 11.1 Å². The predicted molar refractivity (Wildman–Crippen MR) is 131 cm³/mol. The molecular formula is C26H27N3O3S. The van der Waals surface area contributed by atoms with Crippen LogP contribution in [0.2, 0.25) is 0 Å². The Morgan fingerprint density at radius 3 is 2.21 bits per heavy atom. The lowest BCUT2D eigenvalue weighted by molar-refractivity contribution is 0.102. The molecule has 0 saturated heterocycles. The fourth-order valence-electron chi connectivity index (χ4n) is 3.74. The topological polar surface area (TPSA) is 90.3 Å². The number of nitrogens with zero attached hydrogens (tertiary/aromatic N) is 2. The summed E-state index contributed by atoms with van der Waals surface area (Å²) in [6.45, 7) is 7.97. The number of aryl methyl sites for hydroxylation is 1. The molecule has 33 heavy (non-hydrogen) atoms. The van der Waals surface area contributed by atoms with Crippen molar-refractivity contribution in [1.82, 2.24) is 4.31 Å². The molecule has 0 saturated carbocycles. The van der Waals surface area contributed by atoms with Gasteiger partial charge in [0, 0.05) is 29.9 Å². The van der Waals surface area contributed by atoms with Crippen molar-refractivity contribution in [2.24, 2.45) is 0 Å². The summed E-state index contributed by atoms with van der Waals surface area (Å²) in [5.74, 6) is -0.377. The van der Waals surface area contributed by atoms with E-state index in [0.29, 0.717) is 41.0 Å². The number of anilines is 1. The molecule has 3 aromatic rings. The van der Waals surface area contributed by atoms with Crippen molar-refractivity contribution in [3.05, 3.63) is 82.9 Å². The highest BCUT2D eigenvalue weighted by Gasteiger charge is 2.24. The zero-order valence-corrected chi connectivity index (χ0v) is 20.0. The fraction of sp³-hybridized carbons (Fsp3) is 0.231. The van der Waals surface area contributed by atoms with Gasteiger partial charge in [-0.25, -0.2) is 8.42 Å². The van der Waals surface area contributed by atoms with Gasteiger partial charge in [-0.3, -0.25) is 4.79 Å². The lowest BCUT2D eigenvalue weighted by Crippen LogP contribution is -2.30. The second-order valence-corrected chi connectivity index (χ2v) is 9.60. The molecule has 0 aromatic heterocycles. The Hall–Kier alpha value is -3.47. The van der Waals surface area contributed by atoms with E-state index in [9.17, 15) is 18.5 Å². The SMILES string of the molecule is CCN(CC)S(=O)(=O)c1cc(C)c(C)c(NC(=O)c2ccccc2-c2ccccc2C#N)c1. The minimum absolute atomic E-state index is 0.146. The standard InChI is InChI=1S/C26H27N3O3S/c1-5-29(6-2)33(31,32)21-15-18(3)19(4)25(16-21)28-26(30)24-14-10-9-13-23(24)22-12-8-7-11-20(22)17-27/h7-16H,5-6H2,1-4H3,(H,28,30). The van der Waals surface area contributed by atoms with Crippen molar-refractivity contribution < 1.29 is 13.2 Å². The molecule has 1 N–H and O–H groups in total. The second kappa shape index (κ2) is 9.99. The van der Waals surface area contributed by atoms with Gasteiger partial charge in [-0.1, -0.05) is 50.2 Å². The monoisotopic (exact) mass is 461 g/mol. The van der Waals surface area contributed by atoms with Crippen LogP contribution in [0.5, 0.6) is 0 Å². The lowest BCUT2D eigenvalue weighted by atomic mass is 9.95. The fourth-order valence-corrected chi connectivity index (χ4v) is 5.31. The molecule has 0 spiro atoms. The van der Waals surface area contributed by atoms with Crippen molar-refractivity contribution in [3.63, 3.8) is 0 Å². The van der Waals surface area contributed by atoms with Crippen LogP contribution in [0.15, 0.2) is 65.6 Å². The third-order valence-electron chi connectivity index (χ3n) is 5.74. The largest absolute Gasteiger partial charge is 0.322 e. The summed E-state index contributed by atoms with van der Waals surface area (Å²) >= 11 is 0. The molecule has 0 heterocycles. The predicted octanol–water partition coefficient (Wildman–Crippen LogP) is 5.12. The van der Waals surface area contributed by atoms with Gasteiger partial charge >= 0.3 is 0 Å². The zero-order valence-electron chi connectivity index (χ0n) is 19.2. The number of carbonyl (C=O) groups excluding carboxylic acids is 1. The van der Waals surface area contributed by atoms with Crippen LogP contribution >= 0.6 is 0 Å².